The molecule has 0 radical (unpaired) electrons. The zero-order valence-corrected chi connectivity index (χ0v) is 10.5. The summed E-state index contributed by atoms with van der Waals surface area (Å²) in [5, 5.41) is 19.7. The van der Waals surface area contributed by atoms with Crippen LogP contribution in [-0.2, 0) is 11.3 Å². The van der Waals surface area contributed by atoms with E-state index in [9.17, 15) is 10.1 Å². The molecule has 1 aromatic rings. The molecule has 1 heterocycles. The molecule has 1 aromatic carbocycles. The van der Waals surface area contributed by atoms with E-state index in [4.69, 9.17) is 15.6 Å². The lowest BCUT2D eigenvalue weighted by Crippen LogP contribution is -2.43. The monoisotopic (exact) mass is 267 g/mol. The summed E-state index contributed by atoms with van der Waals surface area (Å²) in [6, 6.07) is 4.76. The van der Waals surface area contributed by atoms with Crippen LogP contribution < -0.4 is 5.73 Å². The molecule has 7 heteroatoms. The van der Waals surface area contributed by atoms with Gasteiger partial charge in [-0.2, -0.15) is 0 Å². The SMILES string of the molecule is Nc1cc(CN2CCOC(CO)C2)ccc1[N+](=O)[O-]. The molecule has 0 aliphatic carbocycles. The van der Waals surface area contributed by atoms with Gasteiger partial charge in [-0.05, 0) is 11.6 Å². The molecule has 0 amide bonds. The van der Waals surface area contributed by atoms with Crippen LogP contribution in [0.25, 0.3) is 0 Å². The maximum absolute atomic E-state index is 10.7. The standard InChI is InChI=1S/C12H17N3O4/c13-11-5-9(1-2-12(11)15(17)18)6-14-3-4-19-10(7-14)8-16/h1-2,5,10,16H,3-4,6-8,13H2. The molecule has 1 aliphatic heterocycles. The Morgan fingerprint density at radius 2 is 2.37 bits per heavy atom. The summed E-state index contributed by atoms with van der Waals surface area (Å²) >= 11 is 0. The molecule has 1 saturated heterocycles. The van der Waals surface area contributed by atoms with Gasteiger partial charge in [0.1, 0.15) is 5.69 Å². The first-order valence-corrected chi connectivity index (χ1v) is 6.07. The van der Waals surface area contributed by atoms with Gasteiger partial charge in [0.2, 0.25) is 0 Å². The van der Waals surface area contributed by atoms with Crippen molar-refractivity contribution in [2.75, 3.05) is 32.0 Å². The summed E-state index contributed by atoms with van der Waals surface area (Å²) in [7, 11) is 0. The average Bonchev–Trinajstić information content (AvgIpc) is 2.38. The number of morpholine rings is 1. The second-order valence-corrected chi connectivity index (χ2v) is 4.56. The van der Waals surface area contributed by atoms with Crippen LogP contribution in [0.3, 0.4) is 0 Å². The van der Waals surface area contributed by atoms with Gasteiger partial charge in [0.05, 0.1) is 24.2 Å². The highest BCUT2D eigenvalue weighted by Gasteiger charge is 2.20. The number of nitro benzene ring substituents is 1. The largest absolute Gasteiger partial charge is 0.394 e. The Morgan fingerprint density at radius 3 is 3.00 bits per heavy atom. The summed E-state index contributed by atoms with van der Waals surface area (Å²) < 4.78 is 5.36. The van der Waals surface area contributed by atoms with Crippen LogP contribution in [-0.4, -0.2) is 47.3 Å². The molecule has 104 valence electrons. The normalized spacial score (nSPS) is 20.4. The Labute approximate surface area is 110 Å². The first-order valence-electron chi connectivity index (χ1n) is 6.07. The predicted octanol–water partition coefficient (Wildman–Crippen LogP) is 0.370. The van der Waals surface area contributed by atoms with Gasteiger partial charge < -0.3 is 15.6 Å². The number of benzene rings is 1. The van der Waals surface area contributed by atoms with Crippen molar-refractivity contribution < 1.29 is 14.8 Å². The van der Waals surface area contributed by atoms with E-state index in [0.29, 0.717) is 19.7 Å². The van der Waals surface area contributed by atoms with Gasteiger partial charge in [-0.3, -0.25) is 15.0 Å². The van der Waals surface area contributed by atoms with Gasteiger partial charge in [0, 0.05) is 25.7 Å². The minimum Gasteiger partial charge on any atom is -0.394 e. The molecule has 0 bridgehead atoms. The van der Waals surface area contributed by atoms with Crippen LogP contribution in [0.1, 0.15) is 5.56 Å². The molecule has 1 unspecified atom stereocenters. The minimum absolute atomic E-state index is 0.00109. The molecule has 1 aliphatic rings. The number of nitrogens with two attached hydrogens (primary N) is 1. The van der Waals surface area contributed by atoms with E-state index in [2.05, 4.69) is 4.90 Å². The van der Waals surface area contributed by atoms with Crippen molar-refractivity contribution in [2.45, 2.75) is 12.6 Å². The summed E-state index contributed by atoms with van der Waals surface area (Å²) in [6.45, 7) is 2.63. The Balaban J connectivity index is 2.03. The van der Waals surface area contributed by atoms with E-state index >= 15 is 0 Å². The molecular formula is C12H17N3O4. The molecule has 2 rings (SSSR count). The summed E-state index contributed by atoms with van der Waals surface area (Å²) in [5.41, 5.74) is 6.68. The van der Waals surface area contributed by atoms with Crippen LogP contribution in [0, 0.1) is 10.1 Å². The fourth-order valence-electron chi connectivity index (χ4n) is 2.16. The highest BCUT2D eigenvalue weighted by molar-refractivity contribution is 5.59. The van der Waals surface area contributed by atoms with Crippen molar-refractivity contribution in [1.29, 1.82) is 0 Å². The maximum Gasteiger partial charge on any atom is 0.292 e. The lowest BCUT2D eigenvalue weighted by molar-refractivity contribution is -0.383. The smallest absolute Gasteiger partial charge is 0.292 e. The zero-order chi connectivity index (χ0) is 13.8. The Hall–Kier alpha value is -1.70. The fourth-order valence-corrected chi connectivity index (χ4v) is 2.16. The molecule has 3 N–H and O–H groups in total. The highest BCUT2D eigenvalue weighted by atomic mass is 16.6. The quantitative estimate of drug-likeness (QED) is 0.464. The third-order valence-electron chi connectivity index (χ3n) is 3.12. The minimum atomic E-state index is -0.490. The van der Waals surface area contributed by atoms with Gasteiger partial charge >= 0.3 is 0 Å². The Kier molecular flexibility index (Phi) is 4.31. The summed E-state index contributed by atoms with van der Waals surface area (Å²) in [5.74, 6) is 0. The molecule has 7 nitrogen and oxygen atoms in total. The van der Waals surface area contributed by atoms with Gasteiger partial charge in [0.25, 0.3) is 5.69 Å². The molecule has 0 saturated carbocycles. The number of ether oxygens (including phenoxy) is 1. The molecule has 19 heavy (non-hydrogen) atoms. The topological polar surface area (TPSA) is 102 Å². The Morgan fingerprint density at radius 1 is 1.58 bits per heavy atom. The van der Waals surface area contributed by atoms with Crippen molar-refractivity contribution in [3.05, 3.63) is 33.9 Å². The number of nitrogens with zero attached hydrogens (tertiary/aromatic N) is 2. The number of anilines is 1. The van der Waals surface area contributed by atoms with Gasteiger partial charge in [-0.25, -0.2) is 0 Å². The lowest BCUT2D eigenvalue weighted by Gasteiger charge is -2.32. The van der Waals surface area contributed by atoms with E-state index < -0.39 is 4.92 Å². The van der Waals surface area contributed by atoms with E-state index in [1.807, 2.05) is 0 Å². The fraction of sp³-hybridized carbons (Fsp3) is 0.500. The van der Waals surface area contributed by atoms with Crippen molar-refractivity contribution >= 4 is 11.4 Å². The van der Waals surface area contributed by atoms with Crippen LogP contribution >= 0.6 is 0 Å². The van der Waals surface area contributed by atoms with Crippen molar-refractivity contribution in [2.24, 2.45) is 0 Å². The van der Waals surface area contributed by atoms with Crippen molar-refractivity contribution in [3.8, 4) is 0 Å². The first-order chi connectivity index (χ1) is 9.10. The second kappa shape index (κ2) is 5.96. The maximum atomic E-state index is 10.7. The molecular weight excluding hydrogens is 250 g/mol. The van der Waals surface area contributed by atoms with E-state index in [1.54, 1.807) is 12.1 Å². The molecule has 0 aromatic heterocycles. The highest BCUT2D eigenvalue weighted by Crippen LogP contribution is 2.23. The molecule has 1 fully saturated rings. The van der Waals surface area contributed by atoms with Gasteiger partial charge in [-0.1, -0.05) is 6.07 Å². The second-order valence-electron chi connectivity index (χ2n) is 4.56. The third-order valence-corrected chi connectivity index (χ3v) is 3.12. The number of aliphatic hydroxyl groups excluding tert-OH is 1. The summed E-state index contributed by atoms with van der Waals surface area (Å²) in [4.78, 5) is 12.3. The van der Waals surface area contributed by atoms with Crippen LogP contribution in [0.5, 0.6) is 0 Å². The van der Waals surface area contributed by atoms with E-state index in [1.165, 1.54) is 6.07 Å². The predicted molar refractivity (Wildman–Crippen MR) is 69.6 cm³/mol. The first kappa shape index (κ1) is 13.7. The number of hydrogen-bond acceptors (Lipinski definition) is 6. The summed E-state index contributed by atoms with van der Waals surface area (Å²) in [6.07, 6.45) is -0.163. The lowest BCUT2D eigenvalue weighted by atomic mass is 10.1. The van der Waals surface area contributed by atoms with Crippen molar-refractivity contribution in [1.82, 2.24) is 4.90 Å². The van der Waals surface area contributed by atoms with E-state index in [-0.39, 0.29) is 24.1 Å². The van der Waals surface area contributed by atoms with Gasteiger partial charge in [-0.15, -0.1) is 0 Å². The molecule has 1 atom stereocenters. The molecule has 0 spiro atoms. The number of nitrogen functional groups attached to an aromatic ring is 1. The van der Waals surface area contributed by atoms with Crippen LogP contribution in [0.15, 0.2) is 18.2 Å². The van der Waals surface area contributed by atoms with Crippen LogP contribution in [0.4, 0.5) is 11.4 Å². The van der Waals surface area contributed by atoms with Crippen LogP contribution in [0.2, 0.25) is 0 Å². The number of nitro groups is 1. The average molecular weight is 267 g/mol. The van der Waals surface area contributed by atoms with Crippen molar-refractivity contribution in [3.63, 3.8) is 0 Å². The Bertz CT molecular complexity index is 466. The number of hydrogen-bond donors (Lipinski definition) is 2. The van der Waals surface area contributed by atoms with E-state index in [0.717, 1.165) is 12.1 Å². The zero-order valence-electron chi connectivity index (χ0n) is 10.5. The number of aliphatic hydroxyl groups is 1. The third kappa shape index (κ3) is 3.40. The van der Waals surface area contributed by atoms with Gasteiger partial charge in [0.15, 0.2) is 0 Å². The number of rotatable bonds is 4.